The van der Waals surface area contributed by atoms with Gasteiger partial charge < -0.3 is 10.1 Å². The van der Waals surface area contributed by atoms with E-state index < -0.39 is 0 Å². The molecule has 0 bridgehead atoms. The topological polar surface area (TPSA) is 37.4 Å². The fourth-order valence-electron chi connectivity index (χ4n) is 3.23. The Morgan fingerprint density at radius 1 is 1.43 bits per heavy atom. The molecule has 1 atom stereocenters. The second-order valence-electron chi connectivity index (χ2n) is 6.78. The highest BCUT2D eigenvalue weighted by atomic mass is 16.5. The minimum atomic E-state index is 0.161. The Balaban J connectivity index is 2.23. The van der Waals surface area contributed by atoms with E-state index in [0.717, 1.165) is 43.1 Å². The lowest BCUT2D eigenvalue weighted by Crippen LogP contribution is -2.61. The molecule has 0 amide bonds. The summed E-state index contributed by atoms with van der Waals surface area (Å²) in [5, 5.41) is 3.63. The van der Waals surface area contributed by atoms with Crippen LogP contribution in [0.3, 0.4) is 0 Å². The van der Waals surface area contributed by atoms with Gasteiger partial charge in [-0.3, -0.25) is 9.88 Å². The first-order valence-corrected chi connectivity index (χ1v) is 7.86. The zero-order chi connectivity index (χ0) is 15.6. The van der Waals surface area contributed by atoms with Crippen molar-refractivity contribution in [2.24, 2.45) is 0 Å². The van der Waals surface area contributed by atoms with Crippen LogP contribution in [0.4, 0.5) is 0 Å². The highest BCUT2D eigenvalue weighted by Gasteiger charge is 2.32. The van der Waals surface area contributed by atoms with Crippen LogP contribution in [0.5, 0.6) is 5.75 Å². The van der Waals surface area contributed by atoms with Gasteiger partial charge in [0.05, 0.1) is 12.8 Å². The van der Waals surface area contributed by atoms with Gasteiger partial charge in [0.15, 0.2) is 0 Å². The summed E-state index contributed by atoms with van der Waals surface area (Å²) in [6.45, 7) is 13.9. The van der Waals surface area contributed by atoms with Crippen LogP contribution in [0.15, 0.2) is 6.20 Å². The number of hydrogen-bond acceptors (Lipinski definition) is 4. The van der Waals surface area contributed by atoms with Gasteiger partial charge in [0.1, 0.15) is 5.75 Å². The Morgan fingerprint density at radius 2 is 2.14 bits per heavy atom. The van der Waals surface area contributed by atoms with Gasteiger partial charge in [0, 0.05) is 48.5 Å². The molecule has 0 radical (unpaired) electrons. The van der Waals surface area contributed by atoms with Gasteiger partial charge in [0.2, 0.25) is 0 Å². The van der Waals surface area contributed by atoms with E-state index in [1.165, 1.54) is 5.56 Å². The molecule has 2 heterocycles. The van der Waals surface area contributed by atoms with E-state index in [2.05, 4.69) is 42.9 Å². The summed E-state index contributed by atoms with van der Waals surface area (Å²) in [6.07, 6.45) is 3.08. The summed E-state index contributed by atoms with van der Waals surface area (Å²) in [5.74, 6) is 0.974. The molecule has 118 valence electrons. The highest BCUT2D eigenvalue weighted by Crippen LogP contribution is 2.26. The van der Waals surface area contributed by atoms with Crippen molar-refractivity contribution >= 4 is 0 Å². The van der Waals surface area contributed by atoms with Crippen LogP contribution in [-0.4, -0.2) is 41.7 Å². The van der Waals surface area contributed by atoms with E-state index >= 15 is 0 Å². The summed E-state index contributed by atoms with van der Waals surface area (Å²) in [6, 6.07) is 0.575. The van der Waals surface area contributed by atoms with Crippen molar-refractivity contribution in [2.45, 2.75) is 59.2 Å². The SMILES string of the molecule is CCC1CNC(C)(C)CN1Cc1ncc(C)c(OC)c1C. The fourth-order valence-corrected chi connectivity index (χ4v) is 3.23. The number of methoxy groups -OCH3 is 1. The molecule has 1 unspecified atom stereocenters. The Hall–Kier alpha value is -1.13. The summed E-state index contributed by atoms with van der Waals surface area (Å²) in [7, 11) is 1.74. The van der Waals surface area contributed by atoms with Crippen LogP contribution in [-0.2, 0) is 6.54 Å². The molecule has 2 rings (SSSR count). The molecule has 4 nitrogen and oxygen atoms in total. The minimum absolute atomic E-state index is 0.161. The molecule has 0 spiro atoms. The minimum Gasteiger partial charge on any atom is -0.496 e. The Labute approximate surface area is 128 Å². The predicted molar refractivity (Wildman–Crippen MR) is 86.8 cm³/mol. The molecule has 1 aliphatic rings. The van der Waals surface area contributed by atoms with E-state index in [1.54, 1.807) is 7.11 Å². The van der Waals surface area contributed by atoms with E-state index in [4.69, 9.17) is 4.74 Å². The second-order valence-corrected chi connectivity index (χ2v) is 6.78. The second kappa shape index (κ2) is 6.32. The van der Waals surface area contributed by atoms with E-state index in [1.807, 2.05) is 13.1 Å². The Morgan fingerprint density at radius 3 is 2.76 bits per heavy atom. The lowest BCUT2D eigenvalue weighted by molar-refractivity contribution is 0.0844. The van der Waals surface area contributed by atoms with Crippen LogP contribution in [0, 0.1) is 13.8 Å². The summed E-state index contributed by atoms with van der Waals surface area (Å²) in [4.78, 5) is 7.21. The number of nitrogens with one attached hydrogen (secondary N) is 1. The zero-order valence-electron chi connectivity index (χ0n) is 14.3. The number of hydrogen-bond donors (Lipinski definition) is 1. The molecule has 0 aliphatic carbocycles. The number of aryl methyl sites for hydroxylation is 1. The molecule has 1 aromatic heterocycles. The van der Waals surface area contributed by atoms with Gasteiger partial charge in [-0.05, 0) is 34.1 Å². The van der Waals surface area contributed by atoms with Crippen molar-refractivity contribution in [3.63, 3.8) is 0 Å². The standard InChI is InChI=1S/C17H29N3O/c1-7-14-9-19-17(4,5)11-20(14)10-15-13(3)16(21-6)12(2)8-18-15/h8,14,19H,7,9-11H2,1-6H3. The average Bonchev–Trinajstić information content (AvgIpc) is 2.42. The third-order valence-corrected chi connectivity index (χ3v) is 4.50. The quantitative estimate of drug-likeness (QED) is 0.925. The molecule has 1 fully saturated rings. The van der Waals surface area contributed by atoms with Crippen molar-refractivity contribution < 1.29 is 4.74 Å². The van der Waals surface area contributed by atoms with Gasteiger partial charge >= 0.3 is 0 Å². The van der Waals surface area contributed by atoms with Gasteiger partial charge in [-0.1, -0.05) is 6.92 Å². The predicted octanol–water partition coefficient (Wildman–Crippen LogP) is 2.67. The van der Waals surface area contributed by atoms with Gasteiger partial charge in [-0.15, -0.1) is 0 Å². The lowest BCUT2D eigenvalue weighted by atomic mass is 9.97. The molecule has 1 aliphatic heterocycles. The molecule has 0 saturated carbocycles. The van der Waals surface area contributed by atoms with Gasteiger partial charge in [-0.2, -0.15) is 0 Å². The van der Waals surface area contributed by atoms with Crippen LogP contribution in [0.2, 0.25) is 0 Å². The molecule has 4 heteroatoms. The summed E-state index contributed by atoms with van der Waals surface area (Å²) >= 11 is 0. The lowest BCUT2D eigenvalue weighted by Gasteiger charge is -2.44. The smallest absolute Gasteiger partial charge is 0.128 e. The van der Waals surface area contributed by atoms with Gasteiger partial charge in [0.25, 0.3) is 0 Å². The number of rotatable bonds is 4. The zero-order valence-corrected chi connectivity index (χ0v) is 14.3. The first-order valence-electron chi connectivity index (χ1n) is 7.86. The van der Waals surface area contributed by atoms with Crippen molar-refractivity contribution in [3.8, 4) is 5.75 Å². The normalized spacial score (nSPS) is 22.3. The van der Waals surface area contributed by atoms with E-state index in [-0.39, 0.29) is 5.54 Å². The van der Waals surface area contributed by atoms with Gasteiger partial charge in [-0.25, -0.2) is 0 Å². The van der Waals surface area contributed by atoms with Crippen molar-refractivity contribution in [2.75, 3.05) is 20.2 Å². The monoisotopic (exact) mass is 291 g/mol. The number of ether oxygens (including phenoxy) is 1. The molecule has 1 aromatic rings. The fraction of sp³-hybridized carbons (Fsp3) is 0.706. The van der Waals surface area contributed by atoms with Crippen molar-refractivity contribution in [3.05, 3.63) is 23.0 Å². The maximum Gasteiger partial charge on any atom is 0.128 e. The maximum absolute atomic E-state index is 5.53. The van der Waals surface area contributed by atoms with Crippen molar-refractivity contribution in [1.82, 2.24) is 15.2 Å². The van der Waals surface area contributed by atoms with Crippen molar-refractivity contribution in [1.29, 1.82) is 0 Å². The molecular formula is C17H29N3O. The van der Waals surface area contributed by atoms with E-state index in [0.29, 0.717) is 6.04 Å². The average molecular weight is 291 g/mol. The molecule has 1 N–H and O–H groups in total. The largest absolute Gasteiger partial charge is 0.496 e. The van der Waals surface area contributed by atoms with Crippen LogP contribution >= 0.6 is 0 Å². The van der Waals surface area contributed by atoms with E-state index in [9.17, 15) is 0 Å². The molecule has 21 heavy (non-hydrogen) atoms. The van der Waals surface area contributed by atoms with Crippen LogP contribution < -0.4 is 10.1 Å². The third kappa shape index (κ3) is 3.55. The van der Waals surface area contributed by atoms with Crippen LogP contribution in [0.1, 0.15) is 44.0 Å². The third-order valence-electron chi connectivity index (χ3n) is 4.50. The Bertz CT molecular complexity index is 499. The first kappa shape index (κ1) is 16.2. The summed E-state index contributed by atoms with van der Waals surface area (Å²) in [5.41, 5.74) is 3.57. The van der Waals surface area contributed by atoms with Crippen LogP contribution in [0.25, 0.3) is 0 Å². The number of nitrogens with zero attached hydrogens (tertiary/aromatic N) is 2. The highest BCUT2D eigenvalue weighted by molar-refractivity contribution is 5.41. The number of piperazine rings is 1. The molecular weight excluding hydrogens is 262 g/mol. The number of pyridine rings is 1. The molecule has 0 aromatic carbocycles. The summed E-state index contributed by atoms with van der Waals surface area (Å²) < 4.78 is 5.53. The maximum atomic E-state index is 5.53. The molecule has 1 saturated heterocycles. The first-order chi connectivity index (χ1) is 9.88. The Kier molecular flexibility index (Phi) is 4.89. The number of aromatic nitrogens is 1.